The standard InChI is InChI=1S/C58H37N/c1-4-19-38(20-5-1)55-45-29-10-12-31-47(45)56(48-32-13-11-30-46(48)55)39-21-18-22-40(35-39)57-51-36-50-43-27-14-16-33-52(43)58(41-23-6-2-7-24-41,42-25-8-3-9-26-42)53(50)37-49(51)44-28-15-17-34-54(44)59-57/h1-37H. The number of pyridine rings is 1. The first-order valence-electron chi connectivity index (χ1n) is 20.5. The molecule has 0 atom stereocenters. The fraction of sp³-hybridized carbons (Fsp3) is 0.0172. The highest BCUT2D eigenvalue weighted by molar-refractivity contribution is 6.22. The van der Waals surface area contributed by atoms with Crippen LogP contribution < -0.4 is 0 Å². The topological polar surface area (TPSA) is 12.9 Å². The van der Waals surface area contributed by atoms with Crippen LogP contribution in [0.2, 0.25) is 0 Å². The number of aromatic nitrogens is 1. The molecule has 0 bridgehead atoms. The summed E-state index contributed by atoms with van der Waals surface area (Å²) in [7, 11) is 0. The van der Waals surface area contributed by atoms with E-state index in [1.807, 2.05) is 0 Å². The molecule has 10 aromatic carbocycles. The summed E-state index contributed by atoms with van der Waals surface area (Å²) < 4.78 is 0. The second-order valence-electron chi connectivity index (χ2n) is 15.7. The predicted molar refractivity (Wildman–Crippen MR) is 248 cm³/mol. The van der Waals surface area contributed by atoms with Crippen LogP contribution in [0.3, 0.4) is 0 Å². The van der Waals surface area contributed by atoms with Crippen molar-refractivity contribution < 1.29 is 0 Å². The zero-order valence-electron chi connectivity index (χ0n) is 32.3. The van der Waals surface area contributed by atoms with Crippen LogP contribution in [0.4, 0.5) is 0 Å². The molecule has 1 nitrogen and oxygen atoms in total. The molecule has 274 valence electrons. The monoisotopic (exact) mass is 747 g/mol. The third kappa shape index (κ3) is 4.95. The zero-order chi connectivity index (χ0) is 38.9. The van der Waals surface area contributed by atoms with Crippen molar-refractivity contribution in [3.8, 4) is 44.6 Å². The molecule has 1 aliphatic rings. The summed E-state index contributed by atoms with van der Waals surface area (Å²) >= 11 is 0. The molecule has 0 unspecified atom stereocenters. The molecular weight excluding hydrogens is 711 g/mol. The number of hydrogen-bond donors (Lipinski definition) is 0. The van der Waals surface area contributed by atoms with E-state index in [1.54, 1.807) is 0 Å². The van der Waals surface area contributed by atoms with Crippen molar-refractivity contribution in [2.75, 3.05) is 0 Å². The van der Waals surface area contributed by atoms with Gasteiger partial charge >= 0.3 is 0 Å². The molecule has 1 heteroatoms. The normalized spacial score (nSPS) is 12.9. The van der Waals surface area contributed by atoms with E-state index in [2.05, 4.69) is 224 Å². The van der Waals surface area contributed by atoms with E-state index >= 15 is 0 Å². The van der Waals surface area contributed by atoms with Gasteiger partial charge in [-0.1, -0.05) is 200 Å². The molecule has 11 aromatic rings. The van der Waals surface area contributed by atoms with Gasteiger partial charge in [0.05, 0.1) is 16.6 Å². The molecule has 0 fully saturated rings. The molecule has 0 aliphatic heterocycles. The van der Waals surface area contributed by atoms with E-state index in [-0.39, 0.29) is 0 Å². The Balaban J connectivity index is 1.15. The molecular formula is C58H37N. The Bertz CT molecular complexity index is 3320. The average Bonchev–Trinajstić information content (AvgIpc) is 3.60. The summed E-state index contributed by atoms with van der Waals surface area (Å²) in [5.41, 5.74) is 15.2. The van der Waals surface area contributed by atoms with Gasteiger partial charge in [-0.3, -0.25) is 0 Å². The van der Waals surface area contributed by atoms with Gasteiger partial charge in [0.15, 0.2) is 0 Å². The SMILES string of the molecule is c1ccc(-c2c3ccccc3c(-c3cccc(-c4nc5ccccc5c5cc6c(cc45)-c4ccccc4C6(c4ccccc4)c4ccccc4)c3)c3ccccc23)cc1. The molecule has 0 saturated heterocycles. The number of nitrogens with zero attached hydrogens (tertiary/aromatic N) is 1. The van der Waals surface area contributed by atoms with Crippen molar-refractivity contribution in [3.63, 3.8) is 0 Å². The minimum atomic E-state index is -0.485. The zero-order valence-corrected chi connectivity index (χ0v) is 32.3. The van der Waals surface area contributed by atoms with Crippen molar-refractivity contribution >= 4 is 43.2 Å². The third-order valence-electron chi connectivity index (χ3n) is 12.7. The third-order valence-corrected chi connectivity index (χ3v) is 12.7. The minimum absolute atomic E-state index is 0.485. The van der Waals surface area contributed by atoms with Crippen LogP contribution in [0.15, 0.2) is 224 Å². The van der Waals surface area contributed by atoms with Crippen LogP contribution in [-0.4, -0.2) is 4.98 Å². The van der Waals surface area contributed by atoms with Crippen LogP contribution >= 0.6 is 0 Å². The lowest BCUT2D eigenvalue weighted by atomic mass is 9.67. The fourth-order valence-corrected chi connectivity index (χ4v) is 10.3. The lowest BCUT2D eigenvalue weighted by molar-refractivity contribution is 0.769. The van der Waals surface area contributed by atoms with Gasteiger partial charge in [-0.2, -0.15) is 0 Å². The quantitative estimate of drug-likeness (QED) is 0.126. The molecule has 1 heterocycles. The summed E-state index contributed by atoms with van der Waals surface area (Å²) in [4.78, 5) is 5.52. The van der Waals surface area contributed by atoms with Gasteiger partial charge in [0.1, 0.15) is 0 Å². The summed E-state index contributed by atoms with van der Waals surface area (Å²) in [6.07, 6.45) is 0. The Kier molecular flexibility index (Phi) is 7.52. The second kappa shape index (κ2) is 13.2. The summed E-state index contributed by atoms with van der Waals surface area (Å²) in [5, 5.41) is 8.51. The Morgan fingerprint density at radius 2 is 0.780 bits per heavy atom. The molecule has 59 heavy (non-hydrogen) atoms. The minimum Gasteiger partial charge on any atom is -0.247 e. The lowest BCUT2D eigenvalue weighted by Crippen LogP contribution is -2.28. The van der Waals surface area contributed by atoms with Crippen LogP contribution in [0, 0.1) is 0 Å². The van der Waals surface area contributed by atoms with Gasteiger partial charge in [0.25, 0.3) is 0 Å². The van der Waals surface area contributed by atoms with Crippen molar-refractivity contribution in [2.24, 2.45) is 0 Å². The molecule has 0 amide bonds. The van der Waals surface area contributed by atoms with E-state index in [0.717, 1.165) is 27.5 Å². The van der Waals surface area contributed by atoms with E-state index in [9.17, 15) is 0 Å². The number of para-hydroxylation sites is 1. The van der Waals surface area contributed by atoms with Gasteiger partial charge in [-0.05, 0) is 107 Å². The number of rotatable bonds is 5. The fourth-order valence-electron chi connectivity index (χ4n) is 10.3. The Morgan fingerprint density at radius 3 is 1.42 bits per heavy atom. The maximum absolute atomic E-state index is 5.52. The molecule has 1 aromatic heterocycles. The van der Waals surface area contributed by atoms with Crippen LogP contribution in [-0.2, 0) is 5.41 Å². The smallest absolute Gasteiger partial charge is 0.0788 e. The Hall–Kier alpha value is -7.61. The molecule has 0 radical (unpaired) electrons. The first kappa shape index (κ1) is 33.5. The number of fused-ring (bicyclic) bond motifs is 8. The summed E-state index contributed by atoms with van der Waals surface area (Å²) in [6.45, 7) is 0. The average molecular weight is 748 g/mol. The van der Waals surface area contributed by atoms with Gasteiger partial charge in [-0.15, -0.1) is 0 Å². The molecule has 1 aliphatic carbocycles. The van der Waals surface area contributed by atoms with Crippen molar-refractivity contribution in [3.05, 3.63) is 247 Å². The number of hydrogen-bond acceptors (Lipinski definition) is 1. The Labute approximate surface area is 343 Å². The van der Waals surface area contributed by atoms with E-state index < -0.39 is 5.41 Å². The molecule has 0 spiro atoms. The largest absolute Gasteiger partial charge is 0.247 e. The Morgan fingerprint density at radius 1 is 0.288 bits per heavy atom. The highest BCUT2D eigenvalue weighted by atomic mass is 14.7. The van der Waals surface area contributed by atoms with E-state index in [0.29, 0.717) is 0 Å². The molecule has 0 N–H and O–H groups in total. The molecule has 12 rings (SSSR count). The maximum atomic E-state index is 5.52. The highest BCUT2D eigenvalue weighted by Crippen LogP contribution is 2.57. The lowest BCUT2D eigenvalue weighted by Gasteiger charge is -2.34. The molecule has 0 saturated carbocycles. The first-order chi connectivity index (χ1) is 29.3. The van der Waals surface area contributed by atoms with Gasteiger partial charge < -0.3 is 0 Å². The van der Waals surface area contributed by atoms with E-state index in [1.165, 1.54) is 82.6 Å². The van der Waals surface area contributed by atoms with Gasteiger partial charge in [0, 0.05) is 16.3 Å². The van der Waals surface area contributed by atoms with Gasteiger partial charge in [0.2, 0.25) is 0 Å². The first-order valence-corrected chi connectivity index (χ1v) is 20.5. The van der Waals surface area contributed by atoms with Gasteiger partial charge in [-0.25, -0.2) is 4.98 Å². The second-order valence-corrected chi connectivity index (χ2v) is 15.7. The van der Waals surface area contributed by atoms with E-state index in [4.69, 9.17) is 4.98 Å². The van der Waals surface area contributed by atoms with Crippen LogP contribution in [0.25, 0.3) is 87.9 Å². The van der Waals surface area contributed by atoms with Crippen molar-refractivity contribution in [2.45, 2.75) is 5.41 Å². The number of benzene rings is 10. The summed E-state index contributed by atoms with van der Waals surface area (Å²) in [5.74, 6) is 0. The summed E-state index contributed by atoms with van der Waals surface area (Å²) in [6, 6.07) is 82.4. The van der Waals surface area contributed by atoms with Crippen LogP contribution in [0.1, 0.15) is 22.3 Å². The predicted octanol–water partition coefficient (Wildman–Crippen LogP) is 15.1. The van der Waals surface area contributed by atoms with Crippen molar-refractivity contribution in [1.82, 2.24) is 4.98 Å². The van der Waals surface area contributed by atoms with Crippen molar-refractivity contribution in [1.29, 1.82) is 0 Å². The maximum Gasteiger partial charge on any atom is 0.0788 e. The highest BCUT2D eigenvalue weighted by Gasteiger charge is 2.46. The van der Waals surface area contributed by atoms with Crippen LogP contribution in [0.5, 0.6) is 0 Å².